The first-order valence-electron chi connectivity index (χ1n) is 6.55. The van der Waals surface area contributed by atoms with E-state index in [1.54, 1.807) is 18.0 Å². The largest absolute Gasteiger partial charge is 0.368 e. The smallest absolute Gasteiger partial charge is 0.236 e. The van der Waals surface area contributed by atoms with Crippen molar-refractivity contribution in [2.75, 3.05) is 25.0 Å². The molecule has 1 amide bonds. The number of carbonyl (C=O) groups excluding carboxylic acids is 1. The molecule has 0 heterocycles. The number of hydrogen-bond acceptors (Lipinski definition) is 3. The number of primary amides is 1. The van der Waals surface area contributed by atoms with E-state index in [0.717, 1.165) is 18.4 Å². The zero-order valence-corrected chi connectivity index (χ0v) is 11.6. The summed E-state index contributed by atoms with van der Waals surface area (Å²) in [5.41, 5.74) is 6.57. The molecule has 1 aromatic carbocycles. The maximum Gasteiger partial charge on any atom is 0.236 e. The Morgan fingerprint density at radius 1 is 1.47 bits per heavy atom. The van der Waals surface area contributed by atoms with Crippen LogP contribution in [0.2, 0.25) is 0 Å². The Bertz CT molecular complexity index is 423. The van der Waals surface area contributed by atoms with Crippen molar-refractivity contribution in [1.82, 2.24) is 5.32 Å². The van der Waals surface area contributed by atoms with Crippen molar-refractivity contribution in [2.45, 2.75) is 26.3 Å². The van der Waals surface area contributed by atoms with Crippen LogP contribution in [-0.2, 0) is 11.3 Å². The van der Waals surface area contributed by atoms with E-state index in [1.807, 2.05) is 6.07 Å². The minimum Gasteiger partial charge on any atom is -0.368 e. The molecule has 1 aromatic rings. The van der Waals surface area contributed by atoms with Crippen molar-refractivity contribution in [3.05, 3.63) is 29.6 Å². The zero-order valence-electron chi connectivity index (χ0n) is 11.6. The third-order valence-electron chi connectivity index (χ3n) is 2.88. The second-order valence-corrected chi connectivity index (χ2v) is 4.52. The lowest BCUT2D eigenvalue weighted by atomic mass is 10.1. The summed E-state index contributed by atoms with van der Waals surface area (Å²) in [6.07, 6.45) is 1.87. The minimum atomic E-state index is -0.449. The van der Waals surface area contributed by atoms with Crippen LogP contribution in [0.4, 0.5) is 10.1 Å². The molecule has 0 fully saturated rings. The number of anilines is 1. The fourth-order valence-electron chi connectivity index (χ4n) is 2.05. The summed E-state index contributed by atoms with van der Waals surface area (Å²) < 4.78 is 14.1. The highest BCUT2D eigenvalue weighted by Gasteiger charge is 2.17. The Morgan fingerprint density at radius 2 is 2.21 bits per heavy atom. The Labute approximate surface area is 113 Å². The van der Waals surface area contributed by atoms with Gasteiger partial charge in [0, 0.05) is 13.1 Å². The molecule has 0 aliphatic heterocycles. The van der Waals surface area contributed by atoms with Crippen LogP contribution in [0.15, 0.2) is 18.2 Å². The highest BCUT2D eigenvalue weighted by molar-refractivity contribution is 5.80. The van der Waals surface area contributed by atoms with Crippen LogP contribution in [0.1, 0.15) is 25.3 Å². The number of halogens is 1. The number of amides is 1. The second kappa shape index (κ2) is 7.74. The second-order valence-electron chi connectivity index (χ2n) is 4.52. The first-order valence-corrected chi connectivity index (χ1v) is 6.55. The van der Waals surface area contributed by atoms with E-state index < -0.39 is 5.91 Å². The molecule has 19 heavy (non-hydrogen) atoms. The van der Waals surface area contributed by atoms with Crippen LogP contribution >= 0.6 is 0 Å². The molecule has 3 N–H and O–H groups in total. The predicted octanol–water partition coefficient (Wildman–Crippen LogP) is 1.64. The molecule has 0 atom stereocenters. The Balaban J connectivity index is 3.07. The van der Waals surface area contributed by atoms with Crippen molar-refractivity contribution in [1.29, 1.82) is 0 Å². The monoisotopic (exact) mass is 267 g/mol. The third kappa shape index (κ3) is 4.52. The van der Waals surface area contributed by atoms with Crippen molar-refractivity contribution < 1.29 is 9.18 Å². The first-order chi connectivity index (χ1) is 9.10. The van der Waals surface area contributed by atoms with Crippen molar-refractivity contribution in [3.63, 3.8) is 0 Å². The van der Waals surface area contributed by atoms with Gasteiger partial charge < -0.3 is 16.0 Å². The van der Waals surface area contributed by atoms with Gasteiger partial charge in [0.1, 0.15) is 5.82 Å². The molecule has 0 radical (unpaired) electrons. The van der Waals surface area contributed by atoms with Crippen molar-refractivity contribution >= 4 is 11.6 Å². The summed E-state index contributed by atoms with van der Waals surface area (Å²) in [5.74, 6) is -0.764. The number of rotatable bonds is 8. The van der Waals surface area contributed by atoms with Crippen LogP contribution in [0.5, 0.6) is 0 Å². The highest BCUT2D eigenvalue weighted by atomic mass is 19.1. The van der Waals surface area contributed by atoms with Crippen LogP contribution in [0, 0.1) is 5.82 Å². The standard InChI is InChI=1S/C14H22FN3O/c1-3-4-8-18(10-13(16)19)14-11(9-17-2)6-5-7-12(14)15/h5-7,17H,3-4,8-10H2,1-2H3,(H2,16,19). The molecule has 0 bridgehead atoms. The minimum absolute atomic E-state index is 0.0393. The summed E-state index contributed by atoms with van der Waals surface area (Å²) in [7, 11) is 1.80. The number of nitrogens with zero attached hydrogens (tertiary/aromatic N) is 1. The molecule has 0 saturated carbocycles. The van der Waals surface area contributed by atoms with Gasteiger partial charge in [-0.25, -0.2) is 4.39 Å². The van der Waals surface area contributed by atoms with Gasteiger partial charge in [-0.2, -0.15) is 0 Å². The summed E-state index contributed by atoms with van der Waals surface area (Å²) in [6, 6.07) is 4.94. The van der Waals surface area contributed by atoms with E-state index in [-0.39, 0.29) is 12.4 Å². The number of nitrogens with two attached hydrogens (primary N) is 1. The lowest BCUT2D eigenvalue weighted by Gasteiger charge is -2.26. The van der Waals surface area contributed by atoms with E-state index in [2.05, 4.69) is 12.2 Å². The van der Waals surface area contributed by atoms with E-state index in [1.165, 1.54) is 6.07 Å². The molecule has 0 saturated heterocycles. The van der Waals surface area contributed by atoms with Gasteiger partial charge in [-0.05, 0) is 25.1 Å². The number of hydrogen-bond donors (Lipinski definition) is 2. The predicted molar refractivity (Wildman–Crippen MR) is 75.5 cm³/mol. The van der Waals surface area contributed by atoms with Gasteiger partial charge in [0.05, 0.1) is 12.2 Å². The number of benzene rings is 1. The van der Waals surface area contributed by atoms with Gasteiger partial charge in [-0.15, -0.1) is 0 Å². The average molecular weight is 267 g/mol. The van der Waals surface area contributed by atoms with Gasteiger partial charge in [0.2, 0.25) is 5.91 Å². The topological polar surface area (TPSA) is 58.4 Å². The molecule has 0 aromatic heterocycles. The number of nitrogens with one attached hydrogen (secondary N) is 1. The Morgan fingerprint density at radius 3 is 2.79 bits per heavy atom. The van der Waals surface area contributed by atoms with Gasteiger partial charge in [0.25, 0.3) is 0 Å². The fraction of sp³-hybridized carbons (Fsp3) is 0.500. The van der Waals surface area contributed by atoms with E-state index in [0.29, 0.717) is 18.8 Å². The van der Waals surface area contributed by atoms with Crippen LogP contribution in [0.3, 0.4) is 0 Å². The number of unbranched alkanes of at least 4 members (excludes halogenated alkanes) is 1. The van der Waals surface area contributed by atoms with E-state index >= 15 is 0 Å². The number of para-hydroxylation sites is 1. The highest BCUT2D eigenvalue weighted by Crippen LogP contribution is 2.24. The van der Waals surface area contributed by atoms with Crippen LogP contribution in [0.25, 0.3) is 0 Å². The maximum absolute atomic E-state index is 14.1. The fourth-order valence-corrected chi connectivity index (χ4v) is 2.05. The number of carbonyl (C=O) groups is 1. The van der Waals surface area contributed by atoms with Crippen LogP contribution < -0.4 is 16.0 Å². The Kier molecular flexibility index (Phi) is 6.29. The molecule has 4 nitrogen and oxygen atoms in total. The van der Waals surface area contributed by atoms with Gasteiger partial charge in [-0.3, -0.25) is 4.79 Å². The molecular formula is C14H22FN3O. The molecule has 0 aliphatic carbocycles. The average Bonchev–Trinajstić information content (AvgIpc) is 2.35. The van der Waals surface area contributed by atoms with Gasteiger partial charge in [0.15, 0.2) is 0 Å². The zero-order chi connectivity index (χ0) is 14.3. The summed E-state index contributed by atoms with van der Waals surface area (Å²) >= 11 is 0. The molecular weight excluding hydrogens is 245 g/mol. The Hall–Kier alpha value is -1.62. The normalized spacial score (nSPS) is 10.5. The molecule has 0 aliphatic rings. The third-order valence-corrected chi connectivity index (χ3v) is 2.88. The maximum atomic E-state index is 14.1. The van der Waals surface area contributed by atoms with Crippen molar-refractivity contribution in [2.24, 2.45) is 5.73 Å². The van der Waals surface area contributed by atoms with Crippen molar-refractivity contribution in [3.8, 4) is 0 Å². The molecule has 0 unspecified atom stereocenters. The quantitative estimate of drug-likeness (QED) is 0.753. The lowest BCUT2D eigenvalue weighted by Crippen LogP contribution is -2.36. The molecule has 0 spiro atoms. The van der Waals surface area contributed by atoms with E-state index in [4.69, 9.17) is 5.73 Å². The molecule has 5 heteroatoms. The van der Waals surface area contributed by atoms with Crippen LogP contribution in [-0.4, -0.2) is 26.0 Å². The summed E-state index contributed by atoms with van der Waals surface area (Å²) in [4.78, 5) is 12.9. The van der Waals surface area contributed by atoms with Gasteiger partial charge >= 0.3 is 0 Å². The lowest BCUT2D eigenvalue weighted by molar-refractivity contribution is -0.116. The van der Waals surface area contributed by atoms with E-state index in [9.17, 15) is 9.18 Å². The molecule has 106 valence electrons. The summed E-state index contributed by atoms with van der Waals surface area (Å²) in [5, 5.41) is 3.01. The SMILES string of the molecule is CCCCN(CC(N)=O)c1c(F)cccc1CNC. The molecule has 1 rings (SSSR count). The first kappa shape index (κ1) is 15.4. The summed E-state index contributed by atoms with van der Waals surface area (Å²) in [6.45, 7) is 3.27. The van der Waals surface area contributed by atoms with Gasteiger partial charge in [-0.1, -0.05) is 25.5 Å².